The zero-order valence-electron chi connectivity index (χ0n) is 16.3. The van der Waals surface area contributed by atoms with E-state index in [9.17, 15) is 15.3 Å². The molecule has 3 N–H and O–H groups in total. The number of hydrogen-bond donors (Lipinski definition) is 3. The van der Waals surface area contributed by atoms with E-state index in [2.05, 4.69) is 4.99 Å². The number of aromatic hydroxyl groups is 3. The van der Waals surface area contributed by atoms with E-state index in [-0.39, 0.29) is 29.3 Å². The van der Waals surface area contributed by atoms with Gasteiger partial charge in [0.2, 0.25) is 0 Å². The highest BCUT2D eigenvalue weighted by Crippen LogP contribution is 2.27. The van der Waals surface area contributed by atoms with Crippen molar-refractivity contribution in [2.24, 2.45) is 9.98 Å². The van der Waals surface area contributed by atoms with Gasteiger partial charge in [-0.3, -0.25) is 9.98 Å². The van der Waals surface area contributed by atoms with Crippen molar-refractivity contribution in [3.8, 4) is 17.2 Å². The zero-order valence-corrected chi connectivity index (χ0v) is 16.3. The Morgan fingerprint density at radius 2 is 1.36 bits per heavy atom. The first-order chi connectivity index (χ1) is 13.4. The van der Waals surface area contributed by atoms with E-state index in [0.717, 1.165) is 31.4 Å². The van der Waals surface area contributed by atoms with Crippen LogP contribution in [0.1, 0.15) is 36.8 Å². The molecule has 0 spiro atoms. The van der Waals surface area contributed by atoms with Crippen molar-refractivity contribution in [3.63, 3.8) is 0 Å². The molecule has 1 aliphatic rings. The highest BCUT2D eigenvalue weighted by Gasteiger charge is 2.23. The van der Waals surface area contributed by atoms with Crippen LogP contribution in [-0.2, 0) is 0 Å². The summed E-state index contributed by atoms with van der Waals surface area (Å²) in [7, 11) is 3.86. The largest absolute Gasteiger partial charge is 0.508 e. The molecule has 1 aliphatic carbocycles. The molecule has 0 radical (unpaired) electrons. The molecule has 2 aromatic rings. The van der Waals surface area contributed by atoms with Gasteiger partial charge in [0.1, 0.15) is 17.2 Å². The molecule has 28 heavy (non-hydrogen) atoms. The van der Waals surface area contributed by atoms with Gasteiger partial charge in [0.15, 0.2) is 0 Å². The van der Waals surface area contributed by atoms with Gasteiger partial charge in [0.05, 0.1) is 12.1 Å². The van der Waals surface area contributed by atoms with Gasteiger partial charge >= 0.3 is 0 Å². The smallest absolute Gasteiger partial charge is 0.128 e. The molecule has 0 amide bonds. The van der Waals surface area contributed by atoms with E-state index in [0.29, 0.717) is 11.1 Å². The number of nitrogens with zero attached hydrogens (tertiary/aromatic N) is 3. The Bertz CT molecular complexity index is 877. The molecule has 0 unspecified atom stereocenters. The Labute approximate surface area is 165 Å². The highest BCUT2D eigenvalue weighted by atomic mass is 16.3. The second-order valence-corrected chi connectivity index (χ2v) is 7.36. The van der Waals surface area contributed by atoms with E-state index in [1.165, 1.54) is 12.1 Å². The summed E-state index contributed by atoms with van der Waals surface area (Å²) in [5, 5.41) is 29.6. The number of aliphatic imine (C=N–C) groups is 2. The number of anilines is 1. The maximum Gasteiger partial charge on any atom is 0.128 e. The predicted octanol–water partition coefficient (Wildman–Crippen LogP) is 3.72. The fourth-order valence-electron chi connectivity index (χ4n) is 3.35. The van der Waals surface area contributed by atoms with E-state index in [1.54, 1.807) is 24.6 Å². The molecule has 2 aromatic carbocycles. The predicted molar refractivity (Wildman–Crippen MR) is 113 cm³/mol. The average Bonchev–Trinajstić information content (AvgIpc) is 2.67. The molecule has 148 valence electrons. The Hall–Kier alpha value is -3.02. The van der Waals surface area contributed by atoms with Crippen LogP contribution in [0.2, 0.25) is 0 Å². The topological polar surface area (TPSA) is 88.7 Å². The third-order valence-corrected chi connectivity index (χ3v) is 5.05. The lowest BCUT2D eigenvalue weighted by molar-refractivity contribution is 0.390. The summed E-state index contributed by atoms with van der Waals surface area (Å²) >= 11 is 0. The SMILES string of the molecule is CN(C)c1ccc(/C=N/[C@@H]2CCCC[C@H]2/N=C/c2ccc(O)cc2O)c(O)c1. The van der Waals surface area contributed by atoms with Gasteiger partial charge in [0, 0.05) is 55.5 Å². The quantitative estimate of drug-likeness (QED) is 0.689. The Kier molecular flexibility index (Phi) is 6.19. The van der Waals surface area contributed by atoms with Crippen LogP contribution in [0.3, 0.4) is 0 Å². The third-order valence-electron chi connectivity index (χ3n) is 5.05. The van der Waals surface area contributed by atoms with Crippen molar-refractivity contribution in [1.29, 1.82) is 0 Å². The molecule has 6 nitrogen and oxygen atoms in total. The maximum absolute atomic E-state index is 10.2. The Morgan fingerprint density at radius 1 is 0.821 bits per heavy atom. The van der Waals surface area contributed by atoms with Crippen LogP contribution in [0, 0.1) is 0 Å². The summed E-state index contributed by atoms with van der Waals surface area (Å²) in [6, 6.07) is 10.1. The van der Waals surface area contributed by atoms with Crippen LogP contribution in [0.5, 0.6) is 17.2 Å². The molecule has 0 saturated heterocycles. The van der Waals surface area contributed by atoms with Crippen LogP contribution >= 0.6 is 0 Å². The molecule has 0 heterocycles. The molecule has 6 heteroatoms. The molecular weight excluding hydrogens is 354 g/mol. The maximum atomic E-state index is 10.2. The standard InChI is InChI=1S/C22H27N3O3/c1-25(2)17-9-7-15(21(27)11-17)13-23-19-5-3-4-6-20(19)24-14-16-8-10-18(26)12-22(16)28/h7-14,19-20,26-28H,3-6H2,1-2H3/b23-13+,24-14+/t19-,20-/m1/s1. The molecule has 0 aliphatic heterocycles. The van der Waals surface area contributed by atoms with Crippen LogP contribution in [0.4, 0.5) is 5.69 Å². The minimum absolute atomic E-state index is 0.00511. The molecule has 2 atom stereocenters. The lowest BCUT2D eigenvalue weighted by Crippen LogP contribution is -2.27. The van der Waals surface area contributed by atoms with E-state index < -0.39 is 0 Å². The lowest BCUT2D eigenvalue weighted by Gasteiger charge is -2.25. The number of phenolic OH excluding ortho intramolecular Hbond substituents is 3. The first-order valence-corrected chi connectivity index (χ1v) is 9.52. The summed E-state index contributed by atoms with van der Waals surface area (Å²) < 4.78 is 0. The van der Waals surface area contributed by atoms with Crippen LogP contribution in [0.25, 0.3) is 0 Å². The lowest BCUT2D eigenvalue weighted by atomic mass is 9.91. The average molecular weight is 381 g/mol. The number of benzene rings is 2. The van der Waals surface area contributed by atoms with Crippen LogP contribution in [0.15, 0.2) is 46.4 Å². The Morgan fingerprint density at radius 3 is 1.86 bits per heavy atom. The summed E-state index contributed by atoms with van der Waals surface area (Å²) in [5.41, 5.74) is 2.20. The second kappa shape index (κ2) is 8.78. The van der Waals surface area contributed by atoms with Gasteiger partial charge in [-0.25, -0.2) is 0 Å². The van der Waals surface area contributed by atoms with Crippen molar-refractivity contribution in [2.45, 2.75) is 37.8 Å². The second-order valence-electron chi connectivity index (χ2n) is 7.36. The van der Waals surface area contributed by atoms with Crippen LogP contribution in [-0.4, -0.2) is 53.9 Å². The fourth-order valence-corrected chi connectivity index (χ4v) is 3.35. The van der Waals surface area contributed by atoms with Gasteiger partial charge in [-0.05, 0) is 37.1 Å². The van der Waals surface area contributed by atoms with Crippen LogP contribution < -0.4 is 4.90 Å². The minimum atomic E-state index is 0.00511. The van der Waals surface area contributed by atoms with E-state index >= 15 is 0 Å². The van der Waals surface area contributed by atoms with Crippen molar-refractivity contribution >= 4 is 18.1 Å². The number of phenols is 3. The van der Waals surface area contributed by atoms with Gasteiger partial charge < -0.3 is 20.2 Å². The molecular formula is C22H27N3O3. The molecule has 0 bridgehead atoms. The number of hydrogen-bond acceptors (Lipinski definition) is 6. The monoisotopic (exact) mass is 381 g/mol. The molecule has 3 rings (SSSR count). The zero-order chi connectivity index (χ0) is 20.1. The van der Waals surface area contributed by atoms with Gasteiger partial charge in [-0.15, -0.1) is 0 Å². The summed E-state index contributed by atoms with van der Waals surface area (Å²) in [4.78, 5) is 11.3. The Balaban J connectivity index is 1.74. The molecule has 0 aromatic heterocycles. The first-order valence-electron chi connectivity index (χ1n) is 9.52. The molecule has 1 saturated carbocycles. The van der Waals surface area contributed by atoms with E-state index in [4.69, 9.17) is 4.99 Å². The minimum Gasteiger partial charge on any atom is -0.508 e. The van der Waals surface area contributed by atoms with Gasteiger partial charge in [-0.2, -0.15) is 0 Å². The van der Waals surface area contributed by atoms with Gasteiger partial charge in [0.25, 0.3) is 0 Å². The molecule has 1 fully saturated rings. The van der Waals surface area contributed by atoms with Crippen molar-refractivity contribution in [2.75, 3.05) is 19.0 Å². The van der Waals surface area contributed by atoms with E-state index in [1.807, 2.05) is 31.1 Å². The summed E-state index contributed by atoms with van der Waals surface area (Å²) in [6.45, 7) is 0. The first kappa shape index (κ1) is 19.7. The fraction of sp³-hybridized carbons (Fsp3) is 0.364. The van der Waals surface area contributed by atoms with Crippen molar-refractivity contribution in [1.82, 2.24) is 0 Å². The highest BCUT2D eigenvalue weighted by molar-refractivity contribution is 5.85. The number of rotatable bonds is 5. The van der Waals surface area contributed by atoms with Crippen molar-refractivity contribution in [3.05, 3.63) is 47.5 Å². The summed E-state index contributed by atoms with van der Waals surface area (Å²) in [5.74, 6) is 0.236. The van der Waals surface area contributed by atoms with Crippen molar-refractivity contribution < 1.29 is 15.3 Å². The third kappa shape index (κ3) is 4.82. The van der Waals surface area contributed by atoms with Gasteiger partial charge in [-0.1, -0.05) is 12.8 Å². The summed E-state index contributed by atoms with van der Waals surface area (Å²) in [6.07, 6.45) is 7.45. The normalized spacial score (nSPS) is 20.1.